The molecule has 0 bridgehead atoms. The maximum absolute atomic E-state index is 13.1. The van der Waals surface area contributed by atoms with E-state index in [2.05, 4.69) is 29.2 Å². The second-order valence-electron chi connectivity index (χ2n) is 9.17. The van der Waals surface area contributed by atoms with Crippen molar-refractivity contribution in [2.45, 2.75) is 50.9 Å². The van der Waals surface area contributed by atoms with Crippen LogP contribution in [0.5, 0.6) is 0 Å². The Labute approximate surface area is 171 Å². The Bertz CT molecular complexity index is 801. The van der Waals surface area contributed by atoms with Crippen molar-refractivity contribution in [2.24, 2.45) is 11.8 Å². The molecule has 1 aromatic carbocycles. The maximum Gasteiger partial charge on any atom is 0.277 e. The fourth-order valence-corrected chi connectivity index (χ4v) is 6.84. The van der Waals surface area contributed by atoms with E-state index in [1.165, 1.54) is 59.8 Å². The zero-order chi connectivity index (χ0) is 18.9. The highest BCUT2D eigenvalue weighted by atomic mass is 32.1. The number of amides is 1. The zero-order valence-corrected chi connectivity index (χ0v) is 17.6. The van der Waals surface area contributed by atoms with Crippen LogP contribution in [0.15, 0.2) is 24.3 Å². The highest BCUT2D eigenvalue weighted by Crippen LogP contribution is 2.34. The number of likely N-dealkylation sites (tertiary alicyclic amines) is 2. The minimum atomic E-state index is 0.370. The number of hydrogen-bond donors (Lipinski definition) is 1. The number of rotatable bonds is 3. The first kappa shape index (κ1) is 18.6. The summed E-state index contributed by atoms with van der Waals surface area (Å²) in [4.78, 5) is 21.6. The number of hydrogen-bond acceptors (Lipinski definition) is 3. The average molecular weight is 399 g/mol. The molecule has 1 unspecified atom stereocenters. The van der Waals surface area contributed by atoms with E-state index < -0.39 is 0 Å². The van der Waals surface area contributed by atoms with Gasteiger partial charge in [0.15, 0.2) is 6.54 Å². The van der Waals surface area contributed by atoms with Gasteiger partial charge >= 0.3 is 0 Å². The molecule has 4 nitrogen and oxygen atoms in total. The van der Waals surface area contributed by atoms with Crippen LogP contribution < -0.4 is 4.90 Å². The summed E-state index contributed by atoms with van der Waals surface area (Å²) in [5.74, 6) is 2.61. The third-order valence-corrected chi connectivity index (χ3v) is 8.52. The van der Waals surface area contributed by atoms with Crippen molar-refractivity contribution in [3.8, 4) is 0 Å². The molecule has 5 heteroatoms. The van der Waals surface area contributed by atoms with E-state index in [-0.39, 0.29) is 0 Å². The van der Waals surface area contributed by atoms with Crippen molar-refractivity contribution in [1.29, 1.82) is 0 Å². The predicted octanol–water partition coefficient (Wildman–Crippen LogP) is 3.10. The molecule has 0 spiro atoms. The molecule has 3 fully saturated rings. The number of carbonyl (C=O) groups excluding carboxylic acids is 1. The molecule has 150 valence electrons. The Kier molecular flexibility index (Phi) is 5.38. The summed E-state index contributed by atoms with van der Waals surface area (Å²) in [6, 6.07) is 8.39. The Morgan fingerprint density at radius 3 is 2.86 bits per heavy atom. The van der Waals surface area contributed by atoms with Crippen molar-refractivity contribution in [2.75, 3.05) is 32.7 Å². The van der Waals surface area contributed by atoms with Gasteiger partial charge in [-0.15, -0.1) is 11.3 Å². The second-order valence-corrected chi connectivity index (χ2v) is 10.2. The number of benzene rings is 1. The number of nitrogens with zero attached hydrogens (tertiary/aromatic N) is 2. The van der Waals surface area contributed by atoms with Crippen molar-refractivity contribution in [1.82, 2.24) is 9.88 Å². The normalized spacial score (nSPS) is 30.9. The predicted molar refractivity (Wildman–Crippen MR) is 114 cm³/mol. The van der Waals surface area contributed by atoms with Gasteiger partial charge in [0.05, 0.1) is 28.3 Å². The summed E-state index contributed by atoms with van der Waals surface area (Å²) in [5, 5.41) is 1.22. The Balaban J connectivity index is 1.20. The summed E-state index contributed by atoms with van der Waals surface area (Å²) in [6.45, 7) is 4.92. The summed E-state index contributed by atoms with van der Waals surface area (Å²) >= 11 is 1.81. The third kappa shape index (κ3) is 3.84. The second kappa shape index (κ2) is 8.11. The molecule has 1 N–H and O–H groups in total. The number of aromatic nitrogens is 1. The number of quaternary nitrogens is 1. The molecule has 28 heavy (non-hydrogen) atoms. The summed E-state index contributed by atoms with van der Waals surface area (Å²) in [7, 11) is 0. The van der Waals surface area contributed by atoms with Crippen molar-refractivity contribution >= 4 is 27.5 Å². The molecule has 1 aliphatic carbocycles. The molecule has 2 aliphatic heterocycles. The molecular weight excluding hydrogens is 366 g/mol. The van der Waals surface area contributed by atoms with Crippen molar-refractivity contribution in [3.05, 3.63) is 29.3 Å². The molecule has 3 aliphatic rings. The van der Waals surface area contributed by atoms with Crippen LogP contribution in [0.4, 0.5) is 0 Å². The van der Waals surface area contributed by atoms with Gasteiger partial charge in [-0.05, 0) is 50.2 Å². The molecule has 3 heterocycles. The fourth-order valence-electron chi connectivity index (χ4n) is 5.75. The van der Waals surface area contributed by atoms with Crippen LogP contribution in [0.25, 0.3) is 10.2 Å². The number of fused-ring (bicyclic) bond motifs is 2. The quantitative estimate of drug-likeness (QED) is 0.863. The lowest BCUT2D eigenvalue weighted by atomic mass is 9.75. The number of para-hydroxylation sites is 1. The van der Waals surface area contributed by atoms with Gasteiger partial charge in [0.1, 0.15) is 0 Å². The van der Waals surface area contributed by atoms with Gasteiger partial charge in [0.2, 0.25) is 0 Å². The smallest absolute Gasteiger partial charge is 0.277 e. The molecule has 1 amide bonds. The van der Waals surface area contributed by atoms with Crippen LogP contribution in [0.2, 0.25) is 0 Å². The van der Waals surface area contributed by atoms with Crippen LogP contribution in [0.3, 0.4) is 0 Å². The van der Waals surface area contributed by atoms with Gasteiger partial charge < -0.3 is 9.80 Å². The van der Waals surface area contributed by atoms with E-state index >= 15 is 0 Å². The van der Waals surface area contributed by atoms with E-state index in [0.29, 0.717) is 18.4 Å². The molecule has 5 rings (SSSR count). The molecular formula is C23H32N3OS+. The van der Waals surface area contributed by atoms with Gasteiger partial charge in [-0.1, -0.05) is 25.0 Å². The number of piperidine rings is 2. The fraction of sp³-hybridized carbons (Fsp3) is 0.652. The van der Waals surface area contributed by atoms with Crippen LogP contribution in [-0.4, -0.2) is 48.5 Å². The Morgan fingerprint density at radius 1 is 1.11 bits per heavy atom. The lowest BCUT2D eigenvalue weighted by Crippen LogP contribution is -3.15. The Hall–Kier alpha value is -1.46. The summed E-state index contributed by atoms with van der Waals surface area (Å²) < 4.78 is 1.26. The average Bonchev–Trinajstić information content (AvgIpc) is 3.18. The minimum absolute atomic E-state index is 0.370. The van der Waals surface area contributed by atoms with Crippen LogP contribution in [0.1, 0.15) is 55.9 Å². The third-order valence-electron chi connectivity index (χ3n) is 7.32. The molecule has 4 atom stereocenters. The molecule has 0 radical (unpaired) electrons. The first-order valence-corrected chi connectivity index (χ1v) is 12.0. The highest BCUT2D eigenvalue weighted by Gasteiger charge is 2.35. The zero-order valence-electron chi connectivity index (χ0n) is 16.7. The van der Waals surface area contributed by atoms with Gasteiger partial charge in [0, 0.05) is 24.9 Å². The van der Waals surface area contributed by atoms with E-state index in [9.17, 15) is 4.79 Å². The van der Waals surface area contributed by atoms with Crippen LogP contribution >= 0.6 is 11.3 Å². The monoisotopic (exact) mass is 398 g/mol. The van der Waals surface area contributed by atoms with Crippen molar-refractivity contribution < 1.29 is 9.69 Å². The molecule has 1 aromatic heterocycles. The SMILES string of the molecule is O=C(C[NH+]1CC[C@@H]2CCCC[C@@H]2C1)N1CCC[C@@H](c2nc3ccccc3s2)C1. The lowest BCUT2D eigenvalue weighted by molar-refractivity contribution is -0.903. The molecule has 2 aromatic rings. The van der Waals surface area contributed by atoms with Gasteiger partial charge in [-0.2, -0.15) is 0 Å². The minimum Gasteiger partial charge on any atom is -0.337 e. The maximum atomic E-state index is 13.1. The standard InChI is InChI=1S/C23H31N3OS/c27-22(16-25-13-11-17-6-1-2-7-18(17)14-25)26-12-5-8-19(15-26)23-24-20-9-3-4-10-21(20)28-23/h3-4,9-10,17-19H,1-2,5-8,11-16H2/p+1/t17-,18+,19+/m0/s1. The lowest BCUT2D eigenvalue weighted by Gasteiger charge is -2.39. The Morgan fingerprint density at radius 2 is 1.96 bits per heavy atom. The topological polar surface area (TPSA) is 37.6 Å². The first-order chi connectivity index (χ1) is 13.8. The largest absolute Gasteiger partial charge is 0.337 e. The number of carbonyl (C=O) groups is 1. The van der Waals surface area contributed by atoms with Gasteiger partial charge in [0.25, 0.3) is 5.91 Å². The number of nitrogens with one attached hydrogen (secondary N) is 1. The summed E-state index contributed by atoms with van der Waals surface area (Å²) in [5.41, 5.74) is 1.10. The van der Waals surface area contributed by atoms with Gasteiger partial charge in [-0.3, -0.25) is 4.79 Å². The van der Waals surface area contributed by atoms with E-state index in [4.69, 9.17) is 4.98 Å². The first-order valence-electron chi connectivity index (χ1n) is 11.2. The molecule has 1 saturated carbocycles. The van der Waals surface area contributed by atoms with Gasteiger partial charge in [-0.25, -0.2) is 4.98 Å². The van der Waals surface area contributed by atoms with Crippen LogP contribution in [-0.2, 0) is 4.79 Å². The molecule has 2 saturated heterocycles. The van der Waals surface area contributed by atoms with Crippen molar-refractivity contribution in [3.63, 3.8) is 0 Å². The van der Waals surface area contributed by atoms with E-state index in [1.807, 2.05) is 11.3 Å². The highest BCUT2D eigenvalue weighted by molar-refractivity contribution is 7.18. The number of thiazole rings is 1. The van der Waals surface area contributed by atoms with E-state index in [1.54, 1.807) is 0 Å². The van der Waals surface area contributed by atoms with Crippen LogP contribution in [0, 0.1) is 11.8 Å². The summed E-state index contributed by atoms with van der Waals surface area (Å²) in [6.07, 6.45) is 9.25. The van der Waals surface area contributed by atoms with E-state index in [0.717, 1.165) is 43.3 Å².